The number of ether oxygens (including phenoxy) is 1. The van der Waals surface area contributed by atoms with Gasteiger partial charge in [0.25, 0.3) is 0 Å². The Bertz CT molecular complexity index is 493. The van der Waals surface area contributed by atoms with Gasteiger partial charge in [-0.25, -0.2) is 0 Å². The molecule has 108 valence electrons. The summed E-state index contributed by atoms with van der Waals surface area (Å²) in [4.78, 5) is 13.7. The number of para-hydroxylation sites is 1. The van der Waals surface area contributed by atoms with Crippen molar-refractivity contribution in [1.82, 2.24) is 10.2 Å². The summed E-state index contributed by atoms with van der Waals surface area (Å²) in [5, 5.41) is 3.49. The molecule has 4 heteroatoms. The van der Waals surface area contributed by atoms with Crippen LogP contribution in [-0.4, -0.2) is 36.0 Å². The van der Waals surface area contributed by atoms with Gasteiger partial charge in [-0.2, -0.15) is 0 Å². The Balaban J connectivity index is 1.73. The van der Waals surface area contributed by atoms with E-state index in [1.807, 2.05) is 30.0 Å². The number of fused-ring (bicyclic) bond motifs is 1. The zero-order chi connectivity index (χ0) is 14.0. The lowest BCUT2D eigenvalue weighted by Crippen LogP contribution is -2.53. The van der Waals surface area contributed by atoms with Crippen molar-refractivity contribution in [2.24, 2.45) is 0 Å². The second-order valence-corrected chi connectivity index (χ2v) is 5.73. The molecule has 0 bridgehead atoms. The van der Waals surface area contributed by atoms with E-state index >= 15 is 0 Å². The molecule has 0 aliphatic carbocycles. The second kappa shape index (κ2) is 5.44. The Kier molecular flexibility index (Phi) is 3.66. The third kappa shape index (κ3) is 2.52. The molecule has 2 aliphatic rings. The molecule has 0 atom stereocenters. The molecule has 1 spiro atoms. The second-order valence-electron chi connectivity index (χ2n) is 5.73. The number of carbonyl (C=O) groups is 1. The molecule has 1 amide bonds. The fourth-order valence-electron chi connectivity index (χ4n) is 3.11. The number of nitrogens with zero attached hydrogens (tertiary/aromatic N) is 1. The van der Waals surface area contributed by atoms with Gasteiger partial charge in [0, 0.05) is 51.0 Å². The molecule has 0 radical (unpaired) electrons. The molecule has 0 aromatic heterocycles. The smallest absolute Gasteiger partial charge is 0.222 e. The van der Waals surface area contributed by atoms with Gasteiger partial charge in [-0.15, -0.1) is 0 Å². The highest BCUT2D eigenvalue weighted by molar-refractivity contribution is 5.75. The maximum Gasteiger partial charge on any atom is 0.222 e. The number of nitrogens with one attached hydrogen (secondary N) is 1. The third-order valence-electron chi connectivity index (χ3n) is 4.39. The van der Waals surface area contributed by atoms with Gasteiger partial charge in [-0.1, -0.05) is 25.1 Å². The lowest BCUT2D eigenvalue weighted by atomic mass is 9.90. The first-order chi connectivity index (χ1) is 9.72. The Labute approximate surface area is 120 Å². The minimum Gasteiger partial charge on any atom is -0.485 e. The van der Waals surface area contributed by atoms with Crippen LogP contribution in [0.3, 0.4) is 0 Å². The SMILES string of the molecule is CCC(=O)N1CCC2(CC1)CNCc1ccccc1O2. The minimum atomic E-state index is -0.156. The highest BCUT2D eigenvalue weighted by Crippen LogP contribution is 2.32. The summed E-state index contributed by atoms with van der Waals surface area (Å²) in [7, 11) is 0. The van der Waals surface area contributed by atoms with Gasteiger partial charge in [-0.3, -0.25) is 4.79 Å². The van der Waals surface area contributed by atoms with E-state index in [-0.39, 0.29) is 11.5 Å². The van der Waals surface area contributed by atoms with Gasteiger partial charge in [0.15, 0.2) is 0 Å². The maximum absolute atomic E-state index is 11.8. The molecule has 3 rings (SSSR count). The van der Waals surface area contributed by atoms with Crippen LogP contribution in [0.4, 0.5) is 0 Å². The molecule has 4 nitrogen and oxygen atoms in total. The summed E-state index contributed by atoms with van der Waals surface area (Å²) in [5.74, 6) is 1.24. The van der Waals surface area contributed by atoms with Crippen LogP contribution in [-0.2, 0) is 11.3 Å². The quantitative estimate of drug-likeness (QED) is 0.851. The van der Waals surface area contributed by atoms with Crippen LogP contribution in [0, 0.1) is 0 Å². The summed E-state index contributed by atoms with van der Waals surface area (Å²) in [6.45, 7) is 5.24. The molecule has 2 heterocycles. The number of amides is 1. The first-order valence-electron chi connectivity index (χ1n) is 7.48. The van der Waals surface area contributed by atoms with E-state index < -0.39 is 0 Å². The molecule has 1 aromatic rings. The minimum absolute atomic E-state index is 0.156. The van der Waals surface area contributed by atoms with Crippen LogP contribution in [0.25, 0.3) is 0 Å². The van der Waals surface area contributed by atoms with Crippen molar-refractivity contribution in [2.75, 3.05) is 19.6 Å². The van der Waals surface area contributed by atoms with Crippen molar-refractivity contribution in [2.45, 2.75) is 38.3 Å². The van der Waals surface area contributed by atoms with Gasteiger partial charge in [-0.05, 0) is 6.07 Å². The maximum atomic E-state index is 11.8. The van der Waals surface area contributed by atoms with E-state index in [4.69, 9.17) is 4.74 Å². The van der Waals surface area contributed by atoms with Crippen molar-refractivity contribution >= 4 is 5.91 Å². The molecular formula is C16H22N2O2. The summed E-state index contributed by atoms with van der Waals surface area (Å²) < 4.78 is 6.35. The highest BCUT2D eigenvalue weighted by atomic mass is 16.5. The van der Waals surface area contributed by atoms with Crippen LogP contribution < -0.4 is 10.1 Å². The number of carbonyl (C=O) groups excluding carboxylic acids is 1. The Hall–Kier alpha value is -1.55. The van der Waals surface area contributed by atoms with E-state index in [2.05, 4.69) is 11.4 Å². The standard InChI is InChI=1S/C16H22N2O2/c1-2-15(19)18-9-7-16(8-10-18)12-17-11-13-5-3-4-6-14(13)20-16/h3-6,17H,2,7-12H2,1H3. The van der Waals surface area contributed by atoms with Gasteiger partial charge in [0.05, 0.1) is 0 Å². The summed E-state index contributed by atoms with van der Waals surface area (Å²) in [6.07, 6.45) is 2.40. The number of piperidine rings is 1. The number of hydrogen-bond acceptors (Lipinski definition) is 3. The molecule has 0 unspecified atom stereocenters. The van der Waals surface area contributed by atoms with Gasteiger partial charge in [0.2, 0.25) is 5.91 Å². The Morgan fingerprint density at radius 1 is 1.35 bits per heavy atom. The van der Waals surface area contributed by atoms with E-state index in [1.165, 1.54) is 5.56 Å². The Morgan fingerprint density at radius 2 is 2.10 bits per heavy atom. The third-order valence-corrected chi connectivity index (χ3v) is 4.39. The molecule has 1 fully saturated rings. The average Bonchev–Trinajstić information content (AvgIpc) is 2.66. The largest absolute Gasteiger partial charge is 0.485 e. The molecule has 2 aliphatic heterocycles. The summed E-state index contributed by atoms with van der Waals surface area (Å²) in [6, 6.07) is 8.22. The van der Waals surface area contributed by atoms with Crippen molar-refractivity contribution in [1.29, 1.82) is 0 Å². The number of rotatable bonds is 1. The fourth-order valence-corrected chi connectivity index (χ4v) is 3.11. The predicted octanol–water partition coefficient (Wildman–Crippen LogP) is 1.94. The molecule has 0 saturated carbocycles. The normalized spacial score (nSPS) is 20.9. The van der Waals surface area contributed by atoms with Crippen LogP contribution in [0.1, 0.15) is 31.7 Å². The van der Waals surface area contributed by atoms with Gasteiger partial charge >= 0.3 is 0 Å². The topological polar surface area (TPSA) is 41.6 Å². The van der Waals surface area contributed by atoms with E-state index in [0.717, 1.165) is 44.8 Å². The van der Waals surface area contributed by atoms with Crippen LogP contribution in [0.15, 0.2) is 24.3 Å². The van der Waals surface area contributed by atoms with Crippen LogP contribution in [0.2, 0.25) is 0 Å². The van der Waals surface area contributed by atoms with Gasteiger partial charge < -0.3 is 15.0 Å². The number of hydrogen-bond donors (Lipinski definition) is 1. The summed E-state index contributed by atoms with van der Waals surface area (Å²) >= 11 is 0. The molecule has 1 aromatic carbocycles. The first-order valence-corrected chi connectivity index (χ1v) is 7.48. The predicted molar refractivity (Wildman–Crippen MR) is 77.6 cm³/mol. The molecule has 1 saturated heterocycles. The molecule has 20 heavy (non-hydrogen) atoms. The fraction of sp³-hybridized carbons (Fsp3) is 0.562. The van der Waals surface area contributed by atoms with Crippen molar-refractivity contribution in [3.8, 4) is 5.75 Å². The van der Waals surface area contributed by atoms with E-state index in [0.29, 0.717) is 6.42 Å². The Morgan fingerprint density at radius 3 is 2.85 bits per heavy atom. The summed E-state index contributed by atoms with van der Waals surface area (Å²) in [5.41, 5.74) is 1.06. The molecule has 1 N–H and O–H groups in total. The average molecular weight is 274 g/mol. The van der Waals surface area contributed by atoms with Crippen molar-refractivity contribution in [3.05, 3.63) is 29.8 Å². The van der Waals surface area contributed by atoms with Gasteiger partial charge in [0.1, 0.15) is 11.4 Å². The lowest BCUT2D eigenvalue weighted by molar-refractivity contribution is -0.134. The first kappa shape index (κ1) is 13.4. The van der Waals surface area contributed by atoms with Crippen molar-refractivity contribution < 1.29 is 9.53 Å². The molecular weight excluding hydrogens is 252 g/mol. The lowest BCUT2D eigenvalue weighted by Gasteiger charge is -2.41. The van der Waals surface area contributed by atoms with Crippen LogP contribution >= 0.6 is 0 Å². The highest BCUT2D eigenvalue weighted by Gasteiger charge is 2.39. The van der Waals surface area contributed by atoms with Crippen LogP contribution in [0.5, 0.6) is 5.75 Å². The van der Waals surface area contributed by atoms with Crippen molar-refractivity contribution in [3.63, 3.8) is 0 Å². The zero-order valence-corrected chi connectivity index (χ0v) is 12.0. The number of benzene rings is 1. The monoisotopic (exact) mass is 274 g/mol. The van der Waals surface area contributed by atoms with E-state index in [1.54, 1.807) is 0 Å². The van der Waals surface area contributed by atoms with E-state index in [9.17, 15) is 4.79 Å². The number of likely N-dealkylation sites (tertiary alicyclic amines) is 1. The zero-order valence-electron chi connectivity index (χ0n) is 12.0.